The Morgan fingerprint density at radius 1 is 0.958 bits per heavy atom. The van der Waals surface area contributed by atoms with Gasteiger partial charge in [0.1, 0.15) is 0 Å². The number of rotatable bonds is 5. The number of hydrogen-bond acceptors (Lipinski definition) is 5. The highest BCUT2D eigenvalue weighted by molar-refractivity contribution is 6.04. The number of aromatic hydroxyl groups is 1. The Hall–Kier alpha value is -2.69. The molecule has 1 aliphatic rings. The van der Waals surface area contributed by atoms with E-state index in [9.17, 15) is 5.11 Å². The van der Waals surface area contributed by atoms with Gasteiger partial charge in [0.2, 0.25) is 0 Å². The van der Waals surface area contributed by atoms with Crippen molar-refractivity contribution in [3.05, 3.63) is 47.0 Å². The van der Waals surface area contributed by atoms with Crippen molar-refractivity contribution >= 4 is 5.71 Å². The molecule has 1 N–H and O–H groups in total. The van der Waals surface area contributed by atoms with Crippen molar-refractivity contribution in [3.63, 3.8) is 0 Å². The van der Waals surface area contributed by atoms with Gasteiger partial charge in [-0.1, -0.05) is 6.07 Å². The molecule has 0 fully saturated rings. The van der Waals surface area contributed by atoms with Crippen LogP contribution in [-0.2, 0) is 12.8 Å². The quantitative estimate of drug-likeness (QED) is 0.917. The van der Waals surface area contributed by atoms with E-state index in [0.717, 1.165) is 35.4 Å². The summed E-state index contributed by atoms with van der Waals surface area (Å²) in [4.78, 5) is 4.68. The monoisotopic (exact) mass is 327 g/mol. The van der Waals surface area contributed by atoms with E-state index in [4.69, 9.17) is 14.2 Å². The second kappa shape index (κ2) is 6.83. The first kappa shape index (κ1) is 16.2. The molecular formula is C19H21NO4. The molecule has 2 aromatic rings. The second-order valence-electron chi connectivity index (χ2n) is 5.63. The first-order valence-corrected chi connectivity index (χ1v) is 7.80. The third kappa shape index (κ3) is 3.02. The summed E-state index contributed by atoms with van der Waals surface area (Å²) in [5.74, 6) is 2.05. The molecule has 0 saturated heterocycles. The van der Waals surface area contributed by atoms with E-state index in [-0.39, 0.29) is 5.75 Å². The smallest absolute Gasteiger partial charge is 0.161 e. The number of hydrogen-bond donors (Lipinski definition) is 1. The highest BCUT2D eigenvalue weighted by Gasteiger charge is 2.18. The van der Waals surface area contributed by atoms with Gasteiger partial charge in [-0.25, -0.2) is 0 Å². The lowest BCUT2D eigenvalue weighted by Crippen LogP contribution is -2.15. The minimum Gasteiger partial charge on any atom is -0.504 e. The van der Waals surface area contributed by atoms with Crippen LogP contribution in [0.25, 0.3) is 0 Å². The van der Waals surface area contributed by atoms with Crippen molar-refractivity contribution in [2.45, 2.75) is 12.8 Å². The van der Waals surface area contributed by atoms with Crippen molar-refractivity contribution in [2.24, 2.45) is 4.99 Å². The molecule has 0 bridgehead atoms. The molecule has 1 heterocycles. The molecule has 1 aliphatic heterocycles. The third-order valence-electron chi connectivity index (χ3n) is 4.22. The fourth-order valence-electron chi connectivity index (χ4n) is 2.98. The number of aliphatic imine (C=N–C) groups is 1. The van der Waals surface area contributed by atoms with Gasteiger partial charge in [-0.2, -0.15) is 0 Å². The van der Waals surface area contributed by atoms with Crippen LogP contribution in [0.5, 0.6) is 23.0 Å². The molecule has 0 unspecified atom stereocenters. The lowest BCUT2D eigenvalue weighted by molar-refractivity contribution is 0.354. The molecule has 0 atom stereocenters. The van der Waals surface area contributed by atoms with E-state index >= 15 is 0 Å². The minimum atomic E-state index is 0.170. The van der Waals surface area contributed by atoms with Crippen LogP contribution in [-0.4, -0.2) is 38.7 Å². The summed E-state index contributed by atoms with van der Waals surface area (Å²) in [6.45, 7) is 0.724. The van der Waals surface area contributed by atoms with Crippen molar-refractivity contribution in [2.75, 3.05) is 27.9 Å². The molecule has 0 aromatic heterocycles. The molecule has 0 aliphatic carbocycles. The molecule has 0 radical (unpaired) electrons. The number of phenolic OH excluding ortho intramolecular Hbond substituents is 1. The molecule has 3 rings (SSSR count). The predicted octanol–water partition coefficient (Wildman–Crippen LogP) is 3.01. The standard InChI is InChI=1S/C19H21NO4/c1-22-17-5-4-12(9-19(17)24-3)8-15-14-11-18(23-2)16(21)10-13(14)6-7-20-15/h4-5,9-11,21H,6-8H2,1-3H3. The van der Waals surface area contributed by atoms with Crippen LogP contribution >= 0.6 is 0 Å². The Bertz CT molecular complexity index is 783. The zero-order chi connectivity index (χ0) is 17.1. The summed E-state index contributed by atoms with van der Waals surface area (Å²) in [6.07, 6.45) is 1.50. The fraction of sp³-hybridized carbons (Fsp3) is 0.316. The van der Waals surface area contributed by atoms with Crippen molar-refractivity contribution in [3.8, 4) is 23.0 Å². The first-order valence-electron chi connectivity index (χ1n) is 7.80. The lowest BCUT2D eigenvalue weighted by atomic mass is 9.93. The van der Waals surface area contributed by atoms with Crippen LogP contribution in [0.4, 0.5) is 0 Å². The van der Waals surface area contributed by atoms with E-state index in [1.807, 2.05) is 24.3 Å². The Kier molecular flexibility index (Phi) is 4.60. The van der Waals surface area contributed by atoms with Gasteiger partial charge >= 0.3 is 0 Å². The van der Waals surface area contributed by atoms with Crippen LogP contribution in [0.2, 0.25) is 0 Å². The van der Waals surface area contributed by atoms with E-state index in [1.54, 1.807) is 27.4 Å². The largest absolute Gasteiger partial charge is 0.504 e. The molecule has 0 amide bonds. The average Bonchev–Trinajstić information content (AvgIpc) is 2.61. The van der Waals surface area contributed by atoms with Gasteiger partial charge in [-0.05, 0) is 41.8 Å². The van der Waals surface area contributed by atoms with Gasteiger partial charge in [-0.3, -0.25) is 4.99 Å². The topological polar surface area (TPSA) is 60.3 Å². The maximum absolute atomic E-state index is 9.97. The van der Waals surface area contributed by atoms with Gasteiger partial charge in [0.25, 0.3) is 0 Å². The highest BCUT2D eigenvalue weighted by Crippen LogP contribution is 2.33. The Labute approximate surface area is 141 Å². The Morgan fingerprint density at radius 2 is 1.71 bits per heavy atom. The number of phenols is 1. The number of ether oxygens (including phenoxy) is 3. The summed E-state index contributed by atoms with van der Waals surface area (Å²) in [7, 11) is 4.80. The van der Waals surface area contributed by atoms with Crippen LogP contribution in [0.15, 0.2) is 35.3 Å². The molecule has 2 aromatic carbocycles. The molecular weight excluding hydrogens is 306 g/mol. The predicted molar refractivity (Wildman–Crippen MR) is 93.0 cm³/mol. The molecule has 0 saturated carbocycles. The highest BCUT2D eigenvalue weighted by atomic mass is 16.5. The van der Waals surface area contributed by atoms with E-state index in [2.05, 4.69) is 4.99 Å². The van der Waals surface area contributed by atoms with Crippen LogP contribution in [0.3, 0.4) is 0 Å². The number of fused-ring (bicyclic) bond motifs is 1. The summed E-state index contributed by atoms with van der Waals surface area (Å²) in [6, 6.07) is 9.51. The van der Waals surface area contributed by atoms with E-state index < -0.39 is 0 Å². The van der Waals surface area contributed by atoms with Crippen LogP contribution < -0.4 is 14.2 Å². The average molecular weight is 327 g/mol. The van der Waals surface area contributed by atoms with Crippen LogP contribution in [0, 0.1) is 0 Å². The zero-order valence-corrected chi connectivity index (χ0v) is 14.1. The number of methoxy groups -OCH3 is 3. The molecule has 5 nitrogen and oxygen atoms in total. The van der Waals surface area contributed by atoms with Gasteiger partial charge in [0.15, 0.2) is 23.0 Å². The van der Waals surface area contributed by atoms with Gasteiger partial charge < -0.3 is 19.3 Å². The van der Waals surface area contributed by atoms with E-state index in [1.165, 1.54) is 0 Å². The summed E-state index contributed by atoms with van der Waals surface area (Å²) < 4.78 is 15.9. The van der Waals surface area contributed by atoms with E-state index in [0.29, 0.717) is 23.7 Å². The third-order valence-corrected chi connectivity index (χ3v) is 4.22. The van der Waals surface area contributed by atoms with Gasteiger partial charge in [-0.15, -0.1) is 0 Å². The number of benzene rings is 2. The zero-order valence-electron chi connectivity index (χ0n) is 14.1. The maximum Gasteiger partial charge on any atom is 0.161 e. The lowest BCUT2D eigenvalue weighted by Gasteiger charge is -2.19. The Morgan fingerprint density at radius 3 is 2.42 bits per heavy atom. The van der Waals surface area contributed by atoms with Crippen molar-refractivity contribution in [1.82, 2.24) is 0 Å². The van der Waals surface area contributed by atoms with Gasteiger partial charge in [0, 0.05) is 24.2 Å². The summed E-state index contributed by atoms with van der Waals surface area (Å²) >= 11 is 0. The molecule has 126 valence electrons. The SMILES string of the molecule is COc1cc2c(cc1O)CCN=C2Cc1ccc(OC)c(OC)c1. The van der Waals surface area contributed by atoms with Crippen molar-refractivity contribution < 1.29 is 19.3 Å². The maximum atomic E-state index is 9.97. The molecule has 5 heteroatoms. The Balaban J connectivity index is 1.93. The van der Waals surface area contributed by atoms with Gasteiger partial charge in [0.05, 0.1) is 21.3 Å². The summed E-state index contributed by atoms with van der Waals surface area (Å²) in [5, 5.41) is 9.97. The molecule has 24 heavy (non-hydrogen) atoms. The molecule has 0 spiro atoms. The normalized spacial score (nSPS) is 13.0. The summed E-state index contributed by atoms with van der Waals surface area (Å²) in [5.41, 5.74) is 4.21. The first-order chi connectivity index (χ1) is 11.7. The van der Waals surface area contributed by atoms with Crippen molar-refractivity contribution in [1.29, 1.82) is 0 Å². The minimum absolute atomic E-state index is 0.170. The van der Waals surface area contributed by atoms with Crippen LogP contribution in [0.1, 0.15) is 16.7 Å². The fourth-order valence-corrected chi connectivity index (χ4v) is 2.98. The number of nitrogens with zero attached hydrogens (tertiary/aromatic N) is 1. The second-order valence-corrected chi connectivity index (χ2v) is 5.63.